The number of para-hydroxylation sites is 1. The molecule has 3 N–H and O–H groups in total. The largest absolute Gasteiger partial charge is 0.496 e. The minimum absolute atomic E-state index is 0.147. The molecule has 0 fully saturated rings. The van der Waals surface area contributed by atoms with Crippen LogP contribution in [0.2, 0.25) is 0 Å². The molecule has 0 heterocycles. The lowest BCUT2D eigenvalue weighted by atomic mass is 9.98. The highest BCUT2D eigenvalue weighted by Crippen LogP contribution is 2.30. The number of ether oxygens (including phenoxy) is 2. The lowest BCUT2D eigenvalue weighted by Crippen LogP contribution is -2.29. The van der Waals surface area contributed by atoms with Crippen LogP contribution in [0.4, 0.5) is 0 Å². The molecule has 0 saturated heterocycles. The van der Waals surface area contributed by atoms with Gasteiger partial charge in [-0.1, -0.05) is 37.3 Å². The summed E-state index contributed by atoms with van der Waals surface area (Å²) in [4.78, 5) is 0. The third-order valence-corrected chi connectivity index (χ3v) is 3.28. The van der Waals surface area contributed by atoms with Crippen LogP contribution in [-0.2, 0) is 0 Å². The molecule has 0 aliphatic rings. The summed E-state index contributed by atoms with van der Waals surface area (Å²) in [7, 11) is 1.66. The fraction of sp³-hybridized carbons (Fsp3) is 0.294. The average Bonchev–Trinajstić information content (AvgIpc) is 2.54. The lowest BCUT2D eigenvalue weighted by molar-refractivity contribution is 0.317. The Morgan fingerprint density at radius 3 is 2.67 bits per heavy atom. The van der Waals surface area contributed by atoms with Gasteiger partial charge >= 0.3 is 0 Å². The van der Waals surface area contributed by atoms with Crippen molar-refractivity contribution < 1.29 is 9.47 Å². The molecule has 0 aromatic heterocycles. The van der Waals surface area contributed by atoms with E-state index in [4.69, 9.17) is 15.3 Å². The summed E-state index contributed by atoms with van der Waals surface area (Å²) < 4.78 is 11.1. The van der Waals surface area contributed by atoms with Crippen molar-refractivity contribution >= 4 is 0 Å². The van der Waals surface area contributed by atoms with Gasteiger partial charge in [0.05, 0.1) is 19.8 Å². The first-order chi connectivity index (χ1) is 10.3. The summed E-state index contributed by atoms with van der Waals surface area (Å²) in [5, 5.41) is 0. The van der Waals surface area contributed by atoms with Crippen molar-refractivity contribution in [2.24, 2.45) is 5.84 Å². The number of nitrogens with two attached hydrogens (primary N) is 1. The maximum atomic E-state index is 5.76. The summed E-state index contributed by atoms with van der Waals surface area (Å²) in [5.74, 6) is 7.42. The maximum absolute atomic E-state index is 5.76. The van der Waals surface area contributed by atoms with Crippen molar-refractivity contribution in [3.05, 3.63) is 59.7 Å². The predicted octanol–water partition coefficient (Wildman–Crippen LogP) is 3.04. The molecule has 0 amide bonds. The van der Waals surface area contributed by atoms with Crippen molar-refractivity contribution in [2.45, 2.75) is 19.4 Å². The van der Waals surface area contributed by atoms with Gasteiger partial charge in [-0.25, -0.2) is 5.43 Å². The predicted molar refractivity (Wildman–Crippen MR) is 84.4 cm³/mol. The summed E-state index contributed by atoms with van der Waals surface area (Å²) in [6.45, 7) is 2.79. The quantitative estimate of drug-likeness (QED) is 0.607. The van der Waals surface area contributed by atoms with Crippen LogP contribution in [0, 0.1) is 0 Å². The zero-order chi connectivity index (χ0) is 15.1. The van der Waals surface area contributed by atoms with Crippen LogP contribution in [0.25, 0.3) is 0 Å². The molecule has 112 valence electrons. The van der Waals surface area contributed by atoms with Gasteiger partial charge in [-0.15, -0.1) is 0 Å². The molecule has 21 heavy (non-hydrogen) atoms. The summed E-state index contributed by atoms with van der Waals surface area (Å²) >= 11 is 0. The molecule has 0 radical (unpaired) electrons. The van der Waals surface area contributed by atoms with Crippen LogP contribution in [-0.4, -0.2) is 13.7 Å². The molecular weight excluding hydrogens is 264 g/mol. The van der Waals surface area contributed by atoms with Gasteiger partial charge in [-0.3, -0.25) is 5.84 Å². The van der Waals surface area contributed by atoms with Gasteiger partial charge in [-0.05, 0) is 30.2 Å². The number of hydrogen-bond acceptors (Lipinski definition) is 4. The standard InChI is InChI=1S/C17H22N2O2/c1-3-11-21-14-8-6-7-13(12-14)17(19-18)15-9-4-5-10-16(15)20-2/h4-10,12,17,19H,3,11,18H2,1-2H3. The Morgan fingerprint density at radius 2 is 1.95 bits per heavy atom. The van der Waals surface area contributed by atoms with E-state index in [-0.39, 0.29) is 6.04 Å². The van der Waals surface area contributed by atoms with Gasteiger partial charge in [0.25, 0.3) is 0 Å². The number of methoxy groups -OCH3 is 1. The number of rotatable bonds is 7. The third kappa shape index (κ3) is 3.74. The van der Waals surface area contributed by atoms with E-state index in [1.54, 1.807) is 7.11 Å². The number of nitrogens with one attached hydrogen (secondary N) is 1. The smallest absolute Gasteiger partial charge is 0.124 e. The van der Waals surface area contributed by atoms with E-state index < -0.39 is 0 Å². The van der Waals surface area contributed by atoms with E-state index in [2.05, 4.69) is 12.3 Å². The Bertz CT molecular complexity index is 572. The maximum Gasteiger partial charge on any atom is 0.124 e. The van der Waals surface area contributed by atoms with Crippen molar-refractivity contribution in [1.29, 1.82) is 0 Å². The second-order valence-corrected chi connectivity index (χ2v) is 4.76. The Balaban J connectivity index is 2.32. The van der Waals surface area contributed by atoms with E-state index >= 15 is 0 Å². The molecule has 2 aromatic rings. The zero-order valence-electron chi connectivity index (χ0n) is 12.5. The van der Waals surface area contributed by atoms with Gasteiger partial charge in [0, 0.05) is 5.56 Å². The molecule has 4 nitrogen and oxygen atoms in total. The van der Waals surface area contributed by atoms with Crippen LogP contribution < -0.4 is 20.7 Å². The lowest BCUT2D eigenvalue weighted by Gasteiger charge is -2.20. The monoisotopic (exact) mass is 286 g/mol. The summed E-state index contributed by atoms with van der Waals surface area (Å²) in [5.41, 5.74) is 4.89. The molecule has 0 spiro atoms. The van der Waals surface area contributed by atoms with Gasteiger partial charge in [-0.2, -0.15) is 0 Å². The molecule has 0 bridgehead atoms. The van der Waals surface area contributed by atoms with E-state index in [9.17, 15) is 0 Å². The highest BCUT2D eigenvalue weighted by atomic mass is 16.5. The van der Waals surface area contributed by atoms with E-state index in [1.807, 2.05) is 48.5 Å². The van der Waals surface area contributed by atoms with E-state index in [1.165, 1.54) is 0 Å². The fourth-order valence-electron chi connectivity index (χ4n) is 2.27. The molecule has 1 unspecified atom stereocenters. The minimum Gasteiger partial charge on any atom is -0.496 e. The minimum atomic E-state index is -0.147. The third-order valence-electron chi connectivity index (χ3n) is 3.28. The van der Waals surface area contributed by atoms with E-state index in [0.717, 1.165) is 29.0 Å². The molecule has 1 atom stereocenters. The fourth-order valence-corrected chi connectivity index (χ4v) is 2.27. The van der Waals surface area contributed by atoms with Gasteiger partial charge in [0.1, 0.15) is 11.5 Å². The van der Waals surface area contributed by atoms with Crippen molar-refractivity contribution in [3.63, 3.8) is 0 Å². The highest BCUT2D eigenvalue weighted by Gasteiger charge is 2.17. The first kappa shape index (κ1) is 15.4. The molecule has 2 aromatic carbocycles. The molecule has 0 aliphatic heterocycles. The summed E-state index contributed by atoms with van der Waals surface area (Å²) in [6, 6.07) is 15.7. The number of hydrogen-bond donors (Lipinski definition) is 2. The molecule has 4 heteroatoms. The number of hydrazine groups is 1. The molecular formula is C17H22N2O2. The van der Waals surface area contributed by atoms with Crippen LogP contribution in [0.5, 0.6) is 11.5 Å². The molecule has 0 aliphatic carbocycles. The van der Waals surface area contributed by atoms with Crippen molar-refractivity contribution in [1.82, 2.24) is 5.43 Å². The average molecular weight is 286 g/mol. The second-order valence-electron chi connectivity index (χ2n) is 4.76. The van der Waals surface area contributed by atoms with Crippen LogP contribution >= 0.6 is 0 Å². The van der Waals surface area contributed by atoms with Gasteiger partial charge in [0.15, 0.2) is 0 Å². The van der Waals surface area contributed by atoms with Gasteiger partial charge < -0.3 is 9.47 Å². The second kappa shape index (κ2) is 7.67. The zero-order valence-corrected chi connectivity index (χ0v) is 12.5. The Morgan fingerprint density at radius 1 is 1.14 bits per heavy atom. The summed E-state index contributed by atoms with van der Waals surface area (Å²) in [6.07, 6.45) is 0.981. The van der Waals surface area contributed by atoms with Crippen LogP contribution in [0.1, 0.15) is 30.5 Å². The van der Waals surface area contributed by atoms with E-state index in [0.29, 0.717) is 6.61 Å². The normalized spacial score (nSPS) is 12.0. The Hall–Kier alpha value is -2.04. The Kier molecular flexibility index (Phi) is 5.60. The SMILES string of the molecule is CCCOc1cccc(C(NN)c2ccccc2OC)c1. The first-order valence-corrected chi connectivity index (χ1v) is 7.12. The van der Waals surface area contributed by atoms with Gasteiger partial charge in [0.2, 0.25) is 0 Å². The highest BCUT2D eigenvalue weighted by molar-refractivity contribution is 5.43. The van der Waals surface area contributed by atoms with Crippen LogP contribution in [0.3, 0.4) is 0 Å². The Labute approximate surface area is 125 Å². The molecule has 0 saturated carbocycles. The van der Waals surface area contributed by atoms with Crippen LogP contribution in [0.15, 0.2) is 48.5 Å². The van der Waals surface area contributed by atoms with Crippen molar-refractivity contribution in [3.8, 4) is 11.5 Å². The first-order valence-electron chi connectivity index (χ1n) is 7.12. The van der Waals surface area contributed by atoms with Crippen molar-refractivity contribution in [2.75, 3.05) is 13.7 Å². The topological polar surface area (TPSA) is 56.5 Å². The number of benzene rings is 2. The molecule has 2 rings (SSSR count).